The molecule has 3 rings (SSSR count). The highest BCUT2D eigenvalue weighted by Crippen LogP contribution is 2.16. The van der Waals surface area contributed by atoms with Gasteiger partial charge in [-0.2, -0.15) is 5.10 Å². The molecule has 1 aliphatic heterocycles. The number of hydrogen-bond donors (Lipinski definition) is 2. The van der Waals surface area contributed by atoms with E-state index in [1.807, 2.05) is 22.9 Å². The zero-order valence-corrected chi connectivity index (χ0v) is 19.3. The number of ether oxygens (including phenoxy) is 1. The van der Waals surface area contributed by atoms with E-state index in [2.05, 4.69) is 45.6 Å². The highest BCUT2D eigenvalue weighted by atomic mass is 127. The smallest absolute Gasteiger partial charge is 0.191 e. The lowest BCUT2D eigenvalue weighted by Gasteiger charge is -2.25. The third-order valence-corrected chi connectivity index (χ3v) is 4.75. The van der Waals surface area contributed by atoms with E-state index in [1.165, 1.54) is 5.56 Å². The minimum atomic E-state index is 0. The van der Waals surface area contributed by atoms with Gasteiger partial charge in [0, 0.05) is 32.5 Å². The summed E-state index contributed by atoms with van der Waals surface area (Å²) in [5, 5.41) is 11.4. The first-order chi connectivity index (χ1) is 13.2. The van der Waals surface area contributed by atoms with Gasteiger partial charge in [-0.05, 0) is 31.4 Å². The summed E-state index contributed by atoms with van der Waals surface area (Å²) in [6.07, 6.45) is 3.78. The Hall–Kier alpha value is -1.84. The van der Waals surface area contributed by atoms with Crippen LogP contribution >= 0.6 is 24.0 Å². The Kier molecular flexibility index (Phi) is 9.01. The molecule has 0 saturated carbocycles. The summed E-state index contributed by atoms with van der Waals surface area (Å²) in [5.41, 5.74) is 1.17. The molecular weight excluding hydrogens is 467 g/mol. The van der Waals surface area contributed by atoms with E-state index in [9.17, 15) is 0 Å². The predicted molar refractivity (Wildman–Crippen MR) is 123 cm³/mol. The minimum Gasteiger partial charge on any atom is -0.493 e. The Morgan fingerprint density at radius 3 is 2.93 bits per heavy atom. The van der Waals surface area contributed by atoms with Crippen LogP contribution in [-0.2, 0) is 19.4 Å². The minimum absolute atomic E-state index is 0. The molecule has 1 atom stereocenters. The van der Waals surface area contributed by atoms with Gasteiger partial charge in [0.05, 0.1) is 13.2 Å². The van der Waals surface area contributed by atoms with Gasteiger partial charge in [-0.1, -0.05) is 25.1 Å². The van der Waals surface area contributed by atoms with Crippen molar-refractivity contribution in [3.05, 3.63) is 41.5 Å². The van der Waals surface area contributed by atoms with Crippen molar-refractivity contribution in [1.82, 2.24) is 25.4 Å². The summed E-state index contributed by atoms with van der Waals surface area (Å²) in [5.74, 6) is 3.82. The number of aliphatic imine (C=N–C) groups is 1. The normalized spacial score (nSPS) is 16.1. The molecule has 1 aromatic heterocycles. The molecule has 2 heterocycles. The number of fused-ring (bicyclic) bond motifs is 1. The second-order valence-electron chi connectivity index (χ2n) is 6.83. The highest BCUT2D eigenvalue weighted by Gasteiger charge is 2.21. The Bertz CT molecular complexity index is 776. The van der Waals surface area contributed by atoms with Gasteiger partial charge in [-0.3, -0.25) is 4.99 Å². The molecular formula is C20H31IN6O. The molecule has 0 amide bonds. The SMILES string of the molecule is CCc1nc2n(n1)CC(NC(=NC)NCCCOc1ccccc1C)CC2.I. The molecule has 28 heavy (non-hydrogen) atoms. The first-order valence-electron chi connectivity index (χ1n) is 9.77. The Labute approximate surface area is 184 Å². The van der Waals surface area contributed by atoms with Gasteiger partial charge in [0.25, 0.3) is 0 Å². The van der Waals surface area contributed by atoms with Crippen molar-refractivity contribution in [2.24, 2.45) is 4.99 Å². The predicted octanol–water partition coefficient (Wildman–Crippen LogP) is 2.72. The summed E-state index contributed by atoms with van der Waals surface area (Å²) in [6, 6.07) is 8.41. The third kappa shape index (κ3) is 6.08. The molecule has 7 nitrogen and oxygen atoms in total. The molecule has 1 unspecified atom stereocenters. The van der Waals surface area contributed by atoms with Crippen LogP contribution in [0, 0.1) is 6.92 Å². The van der Waals surface area contributed by atoms with Gasteiger partial charge in [0.2, 0.25) is 0 Å². The summed E-state index contributed by atoms with van der Waals surface area (Å²) in [7, 11) is 1.80. The molecule has 2 N–H and O–H groups in total. The molecule has 0 spiro atoms. The number of hydrogen-bond acceptors (Lipinski definition) is 4. The lowest BCUT2D eigenvalue weighted by Crippen LogP contribution is -2.47. The van der Waals surface area contributed by atoms with Gasteiger partial charge in [0.1, 0.15) is 11.6 Å². The average Bonchev–Trinajstić information content (AvgIpc) is 3.10. The molecule has 2 aromatic rings. The number of guanidine groups is 1. The number of nitrogens with zero attached hydrogens (tertiary/aromatic N) is 4. The summed E-state index contributed by atoms with van der Waals surface area (Å²) >= 11 is 0. The van der Waals surface area contributed by atoms with Crippen molar-refractivity contribution in [3.8, 4) is 5.75 Å². The van der Waals surface area contributed by atoms with Gasteiger partial charge in [0.15, 0.2) is 11.8 Å². The van der Waals surface area contributed by atoms with Crippen LogP contribution in [0.5, 0.6) is 5.75 Å². The highest BCUT2D eigenvalue weighted by molar-refractivity contribution is 14.0. The molecule has 0 radical (unpaired) electrons. The van der Waals surface area contributed by atoms with E-state index in [0.717, 1.165) is 62.1 Å². The molecule has 1 aromatic carbocycles. The number of aryl methyl sites for hydroxylation is 3. The topological polar surface area (TPSA) is 76.4 Å². The first-order valence-corrected chi connectivity index (χ1v) is 9.77. The fourth-order valence-corrected chi connectivity index (χ4v) is 3.20. The largest absolute Gasteiger partial charge is 0.493 e. The van der Waals surface area contributed by atoms with Gasteiger partial charge >= 0.3 is 0 Å². The number of halogens is 1. The molecule has 0 aliphatic carbocycles. The van der Waals surface area contributed by atoms with Crippen LogP contribution in [0.4, 0.5) is 0 Å². The van der Waals surface area contributed by atoms with Crippen molar-refractivity contribution < 1.29 is 4.74 Å². The third-order valence-electron chi connectivity index (χ3n) is 4.75. The van der Waals surface area contributed by atoms with Gasteiger partial charge < -0.3 is 15.4 Å². The molecule has 0 saturated heterocycles. The van der Waals surface area contributed by atoms with Crippen LogP contribution in [0.1, 0.15) is 37.0 Å². The van der Waals surface area contributed by atoms with Crippen molar-refractivity contribution in [1.29, 1.82) is 0 Å². The average molecular weight is 498 g/mol. The second-order valence-corrected chi connectivity index (χ2v) is 6.83. The number of benzene rings is 1. The molecule has 154 valence electrons. The molecule has 8 heteroatoms. The maximum atomic E-state index is 5.84. The quantitative estimate of drug-likeness (QED) is 0.266. The van der Waals surface area contributed by atoms with Crippen LogP contribution in [0.15, 0.2) is 29.3 Å². The fraction of sp³-hybridized carbons (Fsp3) is 0.550. The van der Waals surface area contributed by atoms with Crippen molar-refractivity contribution in [2.45, 2.75) is 52.1 Å². The number of para-hydroxylation sites is 1. The van der Waals surface area contributed by atoms with Crippen LogP contribution < -0.4 is 15.4 Å². The van der Waals surface area contributed by atoms with Crippen molar-refractivity contribution in [3.63, 3.8) is 0 Å². The summed E-state index contributed by atoms with van der Waals surface area (Å²) in [4.78, 5) is 8.91. The van der Waals surface area contributed by atoms with Crippen LogP contribution in [0.25, 0.3) is 0 Å². The summed E-state index contributed by atoms with van der Waals surface area (Å²) in [6.45, 7) is 6.48. The van der Waals surface area contributed by atoms with Crippen molar-refractivity contribution in [2.75, 3.05) is 20.2 Å². The Morgan fingerprint density at radius 2 is 2.18 bits per heavy atom. The van der Waals surface area contributed by atoms with Crippen LogP contribution in [0.3, 0.4) is 0 Å². The molecule has 1 aliphatic rings. The Balaban J connectivity index is 0.00000280. The lowest BCUT2D eigenvalue weighted by atomic mass is 10.1. The number of rotatable bonds is 7. The van der Waals surface area contributed by atoms with E-state index in [1.54, 1.807) is 7.05 Å². The van der Waals surface area contributed by atoms with E-state index in [0.29, 0.717) is 12.6 Å². The van der Waals surface area contributed by atoms with E-state index in [-0.39, 0.29) is 24.0 Å². The zero-order chi connectivity index (χ0) is 19.1. The second kappa shape index (κ2) is 11.2. The van der Waals surface area contributed by atoms with E-state index >= 15 is 0 Å². The van der Waals surface area contributed by atoms with Gasteiger partial charge in [-0.25, -0.2) is 9.67 Å². The summed E-state index contributed by atoms with van der Waals surface area (Å²) < 4.78 is 7.87. The lowest BCUT2D eigenvalue weighted by molar-refractivity contribution is 0.309. The molecule has 0 bridgehead atoms. The zero-order valence-electron chi connectivity index (χ0n) is 16.9. The van der Waals surface area contributed by atoms with Crippen LogP contribution in [0.2, 0.25) is 0 Å². The first kappa shape index (κ1) is 22.4. The van der Waals surface area contributed by atoms with Crippen molar-refractivity contribution >= 4 is 29.9 Å². The standard InChI is InChI=1S/C20H30N6O.HI/c1-4-18-24-19-11-10-16(14-26(19)25-18)23-20(21-3)22-12-7-13-27-17-9-6-5-8-15(17)2;/h5-6,8-9,16H,4,7,10-14H2,1-3H3,(H2,21,22,23);1H. The maximum Gasteiger partial charge on any atom is 0.191 e. The fourth-order valence-electron chi connectivity index (χ4n) is 3.20. The van der Waals surface area contributed by atoms with Crippen LogP contribution in [-0.4, -0.2) is 47.0 Å². The Morgan fingerprint density at radius 1 is 1.36 bits per heavy atom. The molecule has 0 fully saturated rings. The van der Waals surface area contributed by atoms with Gasteiger partial charge in [-0.15, -0.1) is 24.0 Å². The number of nitrogens with one attached hydrogen (secondary N) is 2. The number of aromatic nitrogens is 3. The monoisotopic (exact) mass is 498 g/mol. The van der Waals surface area contributed by atoms with E-state index in [4.69, 9.17) is 4.74 Å². The maximum absolute atomic E-state index is 5.84. The van der Waals surface area contributed by atoms with E-state index < -0.39 is 0 Å².